The van der Waals surface area contributed by atoms with Crippen LogP contribution in [-0.4, -0.2) is 23.5 Å². The first-order chi connectivity index (χ1) is 10.0. The zero-order valence-corrected chi connectivity index (χ0v) is 12.4. The van der Waals surface area contributed by atoms with Crippen molar-refractivity contribution in [3.63, 3.8) is 0 Å². The standard InChI is InChI=1S/C17H21NO3/c1-17(8-2-3-9-17)16(21)18-10-4-5-12-11-13(15(19)20)6-7-14(12)18/h6-7,11H,2-5,8-10H2,1H3,(H,19,20). The largest absolute Gasteiger partial charge is 0.478 e. The highest BCUT2D eigenvalue weighted by Crippen LogP contribution is 2.41. The topological polar surface area (TPSA) is 57.6 Å². The number of carboxylic acid groups (broad SMARTS) is 1. The first-order valence-electron chi connectivity index (χ1n) is 7.69. The molecular weight excluding hydrogens is 266 g/mol. The van der Waals surface area contributed by atoms with Crippen LogP contribution in [0, 0.1) is 5.41 Å². The smallest absolute Gasteiger partial charge is 0.335 e. The van der Waals surface area contributed by atoms with Gasteiger partial charge in [0.05, 0.1) is 5.56 Å². The van der Waals surface area contributed by atoms with Gasteiger partial charge in [0.1, 0.15) is 0 Å². The molecule has 0 bridgehead atoms. The Balaban J connectivity index is 1.93. The van der Waals surface area contributed by atoms with Crippen LogP contribution < -0.4 is 4.90 Å². The fourth-order valence-electron chi connectivity index (χ4n) is 3.64. The molecule has 0 aromatic heterocycles. The summed E-state index contributed by atoms with van der Waals surface area (Å²) in [6, 6.07) is 5.12. The molecule has 21 heavy (non-hydrogen) atoms. The summed E-state index contributed by atoms with van der Waals surface area (Å²) in [5.74, 6) is -0.701. The number of hydrogen-bond donors (Lipinski definition) is 1. The molecule has 2 aliphatic rings. The SMILES string of the molecule is CC1(C(=O)N2CCCc3cc(C(=O)O)ccc32)CCCC1. The van der Waals surface area contributed by atoms with Gasteiger partial charge in [-0.05, 0) is 49.4 Å². The van der Waals surface area contributed by atoms with Crippen LogP contribution in [0.4, 0.5) is 5.69 Å². The number of hydrogen-bond acceptors (Lipinski definition) is 2. The summed E-state index contributed by atoms with van der Waals surface area (Å²) in [7, 11) is 0. The number of carbonyl (C=O) groups is 2. The Kier molecular flexibility index (Phi) is 3.47. The summed E-state index contributed by atoms with van der Waals surface area (Å²) < 4.78 is 0. The molecule has 0 unspecified atom stereocenters. The van der Waals surface area contributed by atoms with Crippen molar-refractivity contribution in [1.29, 1.82) is 0 Å². The van der Waals surface area contributed by atoms with Crippen LogP contribution in [0.1, 0.15) is 54.9 Å². The van der Waals surface area contributed by atoms with Gasteiger partial charge >= 0.3 is 5.97 Å². The third kappa shape index (κ3) is 2.43. The van der Waals surface area contributed by atoms with Crippen LogP contribution in [-0.2, 0) is 11.2 Å². The molecule has 1 saturated carbocycles. The van der Waals surface area contributed by atoms with Crippen molar-refractivity contribution in [2.24, 2.45) is 5.41 Å². The lowest BCUT2D eigenvalue weighted by molar-refractivity contribution is -0.127. The van der Waals surface area contributed by atoms with E-state index in [9.17, 15) is 9.59 Å². The minimum absolute atomic E-state index is 0.212. The lowest BCUT2D eigenvalue weighted by Gasteiger charge is -2.35. The van der Waals surface area contributed by atoms with E-state index in [0.717, 1.165) is 56.3 Å². The summed E-state index contributed by atoms with van der Waals surface area (Å²) in [5, 5.41) is 9.09. The Bertz CT molecular complexity index is 588. The van der Waals surface area contributed by atoms with Gasteiger partial charge in [0, 0.05) is 17.6 Å². The Morgan fingerprint density at radius 3 is 2.57 bits per heavy atom. The summed E-state index contributed by atoms with van der Waals surface area (Å²) in [6.07, 6.45) is 5.92. The van der Waals surface area contributed by atoms with Crippen molar-refractivity contribution in [3.8, 4) is 0 Å². The molecule has 1 aromatic carbocycles. The molecule has 0 radical (unpaired) electrons. The summed E-state index contributed by atoms with van der Waals surface area (Å²) in [4.78, 5) is 25.9. The number of rotatable bonds is 2. The molecule has 1 aliphatic heterocycles. The van der Waals surface area contributed by atoms with Crippen molar-refractivity contribution < 1.29 is 14.7 Å². The highest BCUT2D eigenvalue weighted by Gasteiger charge is 2.40. The minimum Gasteiger partial charge on any atom is -0.478 e. The number of benzene rings is 1. The number of fused-ring (bicyclic) bond motifs is 1. The predicted octanol–water partition coefficient (Wildman–Crippen LogP) is 3.24. The van der Waals surface area contributed by atoms with Gasteiger partial charge in [-0.25, -0.2) is 4.79 Å². The second kappa shape index (κ2) is 5.17. The summed E-state index contributed by atoms with van der Waals surface area (Å²) in [5.41, 5.74) is 1.95. The molecule has 4 nitrogen and oxygen atoms in total. The molecule has 4 heteroatoms. The van der Waals surface area contributed by atoms with Gasteiger partial charge in [0.15, 0.2) is 0 Å². The maximum absolute atomic E-state index is 12.9. The number of carbonyl (C=O) groups excluding carboxylic acids is 1. The van der Waals surface area contributed by atoms with Gasteiger partial charge in [0.2, 0.25) is 5.91 Å². The van der Waals surface area contributed by atoms with Crippen LogP contribution in [0.5, 0.6) is 0 Å². The molecule has 1 fully saturated rings. The number of nitrogens with zero attached hydrogens (tertiary/aromatic N) is 1. The van der Waals surface area contributed by atoms with E-state index < -0.39 is 5.97 Å². The molecular formula is C17H21NO3. The lowest BCUT2D eigenvalue weighted by atomic mass is 9.86. The Labute approximate surface area is 124 Å². The second-order valence-electron chi connectivity index (χ2n) is 6.48. The average Bonchev–Trinajstić information content (AvgIpc) is 2.93. The van der Waals surface area contributed by atoms with E-state index in [4.69, 9.17) is 5.11 Å². The quantitative estimate of drug-likeness (QED) is 0.908. The molecule has 1 heterocycles. The summed E-state index contributed by atoms with van der Waals surface area (Å²) in [6.45, 7) is 2.82. The van der Waals surface area contributed by atoms with Crippen molar-refractivity contribution in [2.75, 3.05) is 11.4 Å². The minimum atomic E-state index is -0.913. The van der Waals surface area contributed by atoms with Gasteiger partial charge < -0.3 is 10.0 Å². The second-order valence-corrected chi connectivity index (χ2v) is 6.48. The normalized spacial score (nSPS) is 20.1. The van der Waals surface area contributed by atoms with E-state index in [1.54, 1.807) is 18.2 Å². The van der Waals surface area contributed by atoms with Crippen LogP contribution in [0.25, 0.3) is 0 Å². The van der Waals surface area contributed by atoms with Gasteiger partial charge in [-0.2, -0.15) is 0 Å². The van der Waals surface area contributed by atoms with Crippen LogP contribution in [0.2, 0.25) is 0 Å². The van der Waals surface area contributed by atoms with Gasteiger partial charge in [-0.3, -0.25) is 4.79 Å². The Hall–Kier alpha value is -1.84. The molecule has 0 spiro atoms. The highest BCUT2D eigenvalue weighted by molar-refractivity contribution is 5.99. The molecule has 112 valence electrons. The fourth-order valence-corrected chi connectivity index (χ4v) is 3.64. The maximum Gasteiger partial charge on any atom is 0.335 e. The maximum atomic E-state index is 12.9. The molecule has 3 rings (SSSR count). The monoisotopic (exact) mass is 287 g/mol. The molecule has 1 aliphatic carbocycles. The van der Waals surface area contributed by atoms with Crippen molar-refractivity contribution >= 4 is 17.6 Å². The van der Waals surface area contributed by atoms with E-state index >= 15 is 0 Å². The third-order valence-corrected chi connectivity index (χ3v) is 4.91. The number of amides is 1. The lowest BCUT2D eigenvalue weighted by Crippen LogP contribution is -2.43. The van der Waals surface area contributed by atoms with Gasteiger partial charge in [-0.15, -0.1) is 0 Å². The predicted molar refractivity (Wildman–Crippen MR) is 80.7 cm³/mol. The van der Waals surface area contributed by atoms with E-state index in [-0.39, 0.29) is 11.3 Å². The number of aromatic carboxylic acids is 1. The molecule has 1 amide bonds. The molecule has 0 saturated heterocycles. The zero-order chi connectivity index (χ0) is 15.0. The number of aryl methyl sites for hydroxylation is 1. The van der Waals surface area contributed by atoms with Crippen LogP contribution >= 0.6 is 0 Å². The van der Waals surface area contributed by atoms with E-state index in [2.05, 4.69) is 6.92 Å². The molecule has 0 atom stereocenters. The van der Waals surface area contributed by atoms with Crippen molar-refractivity contribution in [3.05, 3.63) is 29.3 Å². The van der Waals surface area contributed by atoms with E-state index in [0.29, 0.717) is 5.56 Å². The summed E-state index contributed by atoms with van der Waals surface area (Å²) >= 11 is 0. The first-order valence-corrected chi connectivity index (χ1v) is 7.69. The van der Waals surface area contributed by atoms with Crippen molar-refractivity contribution in [1.82, 2.24) is 0 Å². The molecule has 1 N–H and O–H groups in total. The number of anilines is 1. The van der Waals surface area contributed by atoms with Gasteiger partial charge in [0.25, 0.3) is 0 Å². The van der Waals surface area contributed by atoms with E-state index in [1.165, 1.54) is 0 Å². The fraction of sp³-hybridized carbons (Fsp3) is 0.529. The molecule has 1 aromatic rings. The average molecular weight is 287 g/mol. The van der Waals surface area contributed by atoms with Gasteiger partial charge in [-0.1, -0.05) is 19.8 Å². The van der Waals surface area contributed by atoms with Crippen LogP contribution in [0.15, 0.2) is 18.2 Å². The number of carboxylic acids is 1. The van der Waals surface area contributed by atoms with E-state index in [1.807, 2.05) is 4.90 Å². The van der Waals surface area contributed by atoms with Crippen LogP contribution in [0.3, 0.4) is 0 Å². The zero-order valence-electron chi connectivity index (χ0n) is 12.4. The Morgan fingerprint density at radius 1 is 1.19 bits per heavy atom. The highest BCUT2D eigenvalue weighted by atomic mass is 16.4. The van der Waals surface area contributed by atoms with Crippen molar-refractivity contribution in [2.45, 2.75) is 45.4 Å². The first kappa shape index (κ1) is 14.1. The Morgan fingerprint density at radius 2 is 1.90 bits per heavy atom. The third-order valence-electron chi connectivity index (χ3n) is 4.91.